The molecule has 3 heterocycles. The molecule has 6 heteroatoms. The molecule has 4 rings (SSSR count). The first-order valence-corrected chi connectivity index (χ1v) is 7.32. The van der Waals surface area contributed by atoms with Crippen LogP contribution in [-0.2, 0) is 0 Å². The molecule has 0 aliphatic heterocycles. The Kier molecular flexibility index (Phi) is 3.47. The van der Waals surface area contributed by atoms with Crippen LogP contribution < -0.4 is 5.32 Å². The number of nitrogens with one attached hydrogen (secondary N) is 1. The first kappa shape index (κ1) is 14.1. The maximum atomic E-state index is 12.3. The topological polar surface area (TPSA) is 80.9 Å². The summed E-state index contributed by atoms with van der Waals surface area (Å²) in [6.07, 6.45) is 6.21. The summed E-state index contributed by atoms with van der Waals surface area (Å²) in [5.74, 6) is -0.310. The Labute approximate surface area is 137 Å². The molecule has 0 fully saturated rings. The molecular weight excluding hydrogens is 304 g/mol. The van der Waals surface area contributed by atoms with Crippen LogP contribution in [0, 0.1) is 0 Å². The van der Waals surface area contributed by atoms with Crippen molar-refractivity contribution in [2.75, 3.05) is 5.32 Å². The maximum absolute atomic E-state index is 12.3. The maximum Gasteiger partial charge on any atom is 0.301 e. The highest BCUT2D eigenvalue weighted by Gasteiger charge is 2.11. The van der Waals surface area contributed by atoms with E-state index in [9.17, 15) is 4.79 Å². The molecular formula is C18H12N4O2. The first-order chi connectivity index (χ1) is 11.8. The fourth-order valence-electron chi connectivity index (χ4n) is 2.40. The number of oxazole rings is 1. The summed E-state index contributed by atoms with van der Waals surface area (Å²) in [7, 11) is 0. The van der Waals surface area contributed by atoms with Crippen LogP contribution in [-0.4, -0.2) is 20.9 Å². The van der Waals surface area contributed by atoms with Crippen molar-refractivity contribution in [2.45, 2.75) is 0 Å². The van der Waals surface area contributed by atoms with E-state index in [-0.39, 0.29) is 11.9 Å². The van der Waals surface area contributed by atoms with Gasteiger partial charge in [-0.05, 0) is 24.3 Å². The lowest BCUT2D eigenvalue weighted by molar-refractivity contribution is 0.102. The van der Waals surface area contributed by atoms with Gasteiger partial charge in [-0.15, -0.1) is 0 Å². The number of carbonyl (C=O) groups excluding carboxylic acids is 1. The fourth-order valence-corrected chi connectivity index (χ4v) is 2.40. The zero-order valence-corrected chi connectivity index (χ0v) is 12.5. The van der Waals surface area contributed by atoms with Crippen molar-refractivity contribution in [1.29, 1.82) is 0 Å². The second-order valence-electron chi connectivity index (χ2n) is 5.14. The van der Waals surface area contributed by atoms with E-state index in [1.807, 2.05) is 30.3 Å². The number of pyridine rings is 2. The Balaban J connectivity index is 1.67. The van der Waals surface area contributed by atoms with Crippen molar-refractivity contribution in [3.05, 3.63) is 72.9 Å². The Hall–Kier alpha value is -3.54. The number of benzene rings is 1. The van der Waals surface area contributed by atoms with Gasteiger partial charge in [0.05, 0.1) is 17.4 Å². The third-order valence-electron chi connectivity index (χ3n) is 3.56. The Morgan fingerprint density at radius 3 is 2.79 bits per heavy atom. The van der Waals surface area contributed by atoms with E-state index < -0.39 is 0 Å². The van der Waals surface area contributed by atoms with Crippen molar-refractivity contribution >= 4 is 22.8 Å². The van der Waals surface area contributed by atoms with Gasteiger partial charge in [0.2, 0.25) is 0 Å². The number of nitrogens with zero attached hydrogens (tertiary/aromatic N) is 3. The number of hydrogen-bond donors (Lipinski definition) is 1. The summed E-state index contributed by atoms with van der Waals surface area (Å²) < 4.78 is 5.02. The predicted octanol–water partition coefficient (Wildman–Crippen LogP) is 3.54. The van der Waals surface area contributed by atoms with Gasteiger partial charge in [0.1, 0.15) is 6.26 Å². The number of hydrogen-bond acceptors (Lipinski definition) is 5. The molecule has 1 aromatic carbocycles. The number of rotatable bonds is 3. The molecule has 0 saturated heterocycles. The van der Waals surface area contributed by atoms with E-state index in [0.717, 1.165) is 16.5 Å². The zero-order valence-electron chi connectivity index (χ0n) is 12.5. The summed E-state index contributed by atoms with van der Waals surface area (Å²) in [5.41, 5.74) is 2.90. The Morgan fingerprint density at radius 2 is 1.92 bits per heavy atom. The molecule has 0 aliphatic rings. The first-order valence-electron chi connectivity index (χ1n) is 7.32. The van der Waals surface area contributed by atoms with Crippen molar-refractivity contribution < 1.29 is 9.21 Å². The van der Waals surface area contributed by atoms with Crippen LogP contribution in [0.3, 0.4) is 0 Å². The minimum Gasteiger partial charge on any atom is -0.432 e. The summed E-state index contributed by atoms with van der Waals surface area (Å²) in [4.78, 5) is 24.9. The van der Waals surface area contributed by atoms with Crippen LogP contribution in [0.15, 0.2) is 71.7 Å². The normalized spacial score (nSPS) is 10.7. The van der Waals surface area contributed by atoms with Gasteiger partial charge >= 0.3 is 6.01 Å². The van der Waals surface area contributed by atoms with Gasteiger partial charge in [0.25, 0.3) is 5.91 Å². The molecule has 0 radical (unpaired) electrons. The highest BCUT2D eigenvalue weighted by molar-refractivity contribution is 6.03. The molecule has 0 saturated carbocycles. The number of amides is 1. The van der Waals surface area contributed by atoms with Gasteiger partial charge in [-0.2, -0.15) is 0 Å². The lowest BCUT2D eigenvalue weighted by Crippen LogP contribution is -2.12. The molecule has 0 bridgehead atoms. The zero-order chi connectivity index (χ0) is 16.4. The second-order valence-corrected chi connectivity index (χ2v) is 5.14. The van der Waals surface area contributed by atoms with Crippen LogP contribution in [0.4, 0.5) is 6.01 Å². The van der Waals surface area contributed by atoms with Crippen molar-refractivity contribution in [3.63, 3.8) is 0 Å². The third-order valence-corrected chi connectivity index (χ3v) is 3.56. The number of carbonyl (C=O) groups is 1. The molecule has 0 spiro atoms. The molecule has 6 nitrogen and oxygen atoms in total. The number of fused-ring (bicyclic) bond motifs is 1. The molecule has 3 aromatic heterocycles. The van der Waals surface area contributed by atoms with Gasteiger partial charge in [-0.3, -0.25) is 20.1 Å². The lowest BCUT2D eigenvalue weighted by Gasteiger charge is -2.05. The van der Waals surface area contributed by atoms with E-state index in [0.29, 0.717) is 11.3 Å². The van der Waals surface area contributed by atoms with Crippen molar-refractivity contribution in [2.24, 2.45) is 0 Å². The van der Waals surface area contributed by atoms with Gasteiger partial charge < -0.3 is 4.42 Å². The SMILES string of the molecule is O=C(Nc1ncco1)c1ccnc(-c2cnc3ccccc3c2)c1. The molecule has 4 aromatic rings. The summed E-state index contributed by atoms with van der Waals surface area (Å²) in [6.45, 7) is 0. The van der Waals surface area contributed by atoms with E-state index in [4.69, 9.17) is 4.42 Å². The summed E-state index contributed by atoms with van der Waals surface area (Å²) in [6, 6.07) is 13.4. The number of aromatic nitrogens is 3. The van der Waals surface area contributed by atoms with E-state index in [1.54, 1.807) is 24.5 Å². The highest BCUT2D eigenvalue weighted by Crippen LogP contribution is 2.22. The lowest BCUT2D eigenvalue weighted by atomic mass is 10.1. The van der Waals surface area contributed by atoms with Crippen molar-refractivity contribution in [1.82, 2.24) is 15.0 Å². The molecule has 0 atom stereocenters. The standard InChI is InChI=1S/C18H12N4O2/c23-17(22-18-20-7-8-24-18)13-5-6-19-16(10-13)14-9-12-3-1-2-4-15(12)21-11-14/h1-11H,(H,20,22,23). The minimum atomic E-state index is -0.310. The summed E-state index contributed by atoms with van der Waals surface area (Å²) >= 11 is 0. The summed E-state index contributed by atoms with van der Waals surface area (Å²) in [5, 5.41) is 3.61. The van der Waals surface area contributed by atoms with E-state index in [1.165, 1.54) is 12.5 Å². The molecule has 0 aliphatic carbocycles. The van der Waals surface area contributed by atoms with Crippen LogP contribution >= 0.6 is 0 Å². The molecule has 24 heavy (non-hydrogen) atoms. The van der Waals surface area contributed by atoms with Gasteiger partial charge in [0.15, 0.2) is 0 Å². The number of anilines is 1. The Bertz CT molecular complexity index is 1010. The van der Waals surface area contributed by atoms with Gasteiger partial charge in [0, 0.05) is 28.9 Å². The van der Waals surface area contributed by atoms with Gasteiger partial charge in [-0.25, -0.2) is 4.98 Å². The molecule has 0 unspecified atom stereocenters. The van der Waals surface area contributed by atoms with E-state index in [2.05, 4.69) is 20.3 Å². The largest absolute Gasteiger partial charge is 0.432 e. The molecule has 1 N–H and O–H groups in total. The molecule has 1 amide bonds. The number of para-hydroxylation sites is 1. The fraction of sp³-hybridized carbons (Fsp3) is 0. The van der Waals surface area contributed by atoms with Crippen LogP contribution in [0.5, 0.6) is 0 Å². The van der Waals surface area contributed by atoms with E-state index >= 15 is 0 Å². The highest BCUT2D eigenvalue weighted by atomic mass is 16.4. The third kappa shape index (κ3) is 2.72. The minimum absolute atomic E-state index is 0.158. The van der Waals surface area contributed by atoms with Crippen molar-refractivity contribution in [3.8, 4) is 11.3 Å². The van der Waals surface area contributed by atoms with Crippen LogP contribution in [0.25, 0.3) is 22.2 Å². The predicted molar refractivity (Wildman–Crippen MR) is 89.4 cm³/mol. The van der Waals surface area contributed by atoms with Crippen LogP contribution in [0.2, 0.25) is 0 Å². The van der Waals surface area contributed by atoms with Crippen LogP contribution in [0.1, 0.15) is 10.4 Å². The second kappa shape index (κ2) is 5.92. The smallest absolute Gasteiger partial charge is 0.301 e. The van der Waals surface area contributed by atoms with Gasteiger partial charge in [-0.1, -0.05) is 18.2 Å². The average molecular weight is 316 g/mol. The monoisotopic (exact) mass is 316 g/mol. The Morgan fingerprint density at radius 1 is 1.00 bits per heavy atom. The molecule has 116 valence electrons. The quantitative estimate of drug-likeness (QED) is 0.625. The average Bonchev–Trinajstić information content (AvgIpc) is 3.14.